The van der Waals surface area contributed by atoms with Crippen LogP contribution in [0.15, 0.2) is 40.9 Å². The standard InChI is InChI=1S/C20H29N/c1-8-17-19(13(2)3)15(5)21-14(4)16-11-9-10-12-18(16)20(17,6)7/h8-13,15,19H,1-7H3/b17-8-,21-14-. The van der Waals surface area contributed by atoms with E-state index in [0.29, 0.717) is 17.9 Å². The van der Waals surface area contributed by atoms with Crippen molar-refractivity contribution in [3.8, 4) is 0 Å². The Balaban J connectivity index is 2.76. The van der Waals surface area contributed by atoms with Crippen LogP contribution in [-0.2, 0) is 5.41 Å². The van der Waals surface area contributed by atoms with E-state index in [-0.39, 0.29) is 5.41 Å². The zero-order valence-corrected chi connectivity index (χ0v) is 14.6. The van der Waals surface area contributed by atoms with Crippen molar-refractivity contribution in [1.82, 2.24) is 0 Å². The Labute approximate surface area is 130 Å². The summed E-state index contributed by atoms with van der Waals surface area (Å²) in [6, 6.07) is 9.08. The van der Waals surface area contributed by atoms with Gasteiger partial charge in [-0.25, -0.2) is 0 Å². The molecule has 1 nitrogen and oxygen atoms in total. The minimum absolute atomic E-state index is 0.0474. The Morgan fingerprint density at radius 3 is 2.38 bits per heavy atom. The zero-order chi connectivity index (χ0) is 15.8. The lowest BCUT2D eigenvalue weighted by Crippen LogP contribution is -2.36. The molecule has 1 aliphatic heterocycles. The number of benzene rings is 1. The summed E-state index contributed by atoms with van der Waals surface area (Å²) in [6.07, 6.45) is 2.33. The molecule has 0 fully saturated rings. The summed E-state index contributed by atoms with van der Waals surface area (Å²) >= 11 is 0. The van der Waals surface area contributed by atoms with Gasteiger partial charge in [-0.1, -0.05) is 63.6 Å². The number of allylic oxidation sites excluding steroid dienone is 1. The number of fused-ring (bicyclic) bond motifs is 1. The highest BCUT2D eigenvalue weighted by Crippen LogP contribution is 2.43. The second kappa shape index (κ2) is 5.79. The van der Waals surface area contributed by atoms with E-state index in [2.05, 4.69) is 78.8 Å². The Morgan fingerprint density at radius 2 is 1.81 bits per heavy atom. The molecule has 2 atom stereocenters. The van der Waals surface area contributed by atoms with Crippen LogP contribution >= 0.6 is 0 Å². The summed E-state index contributed by atoms with van der Waals surface area (Å²) in [5.74, 6) is 1.08. The molecule has 0 aromatic heterocycles. The largest absolute Gasteiger partial charge is 0.286 e. The van der Waals surface area contributed by atoms with Gasteiger partial charge >= 0.3 is 0 Å². The summed E-state index contributed by atoms with van der Waals surface area (Å²) in [4.78, 5) is 5.02. The highest BCUT2D eigenvalue weighted by atomic mass is 14.8. The molecule has 1 aromatic rings. The van der Waals surface area contributed by atoms with Gasteiger partial charge in [-0.2, -0.15) is 0 Å². The first-order valence-electron chi connectivity index (χ1n) is 8.11. The van der Waals surface area contributed by atoms with Crippen LogP contribution in [0.4, 0.5) is 0 Å². The highest BCUT2D eigenvalue weighted by molar-refractivity contribution is 6.00. The van der Waals surface area contributed by atoms with Crippen LogP contribution < -0.4 is 0 Å². The quantitative estimate of drug-likeness (QED) is 0.612. The van der Waals surface area contributed by atoms with Crippen molar-refractivity contribution < 1.29 is 0 Å². The molecular weight excluding hydrogens is 254 g/mol. The van der Waals surface area contributed by atoms with E-state index in [1.807, 2.05) is 0 Å². The maximum atomic E-state index is 5.02. The van der Waals surface area contributed by atoms with E-state index in [9.17, 15) is 0 Å². The molecule has 0 spiro atoms. The zero-order valence-electron chi connectivity index (χ0n) is 14.6. The Hall–Kier alpha value is -1.37. The molecule has 0 N–H and O–H groups in total. The van der Waals surface area contributed by atoms with Gasteiger partial charge in [0.25, 0.3) is 0 Å². The summed E-state index contributed by atoms with van der Waals surface area (Å²) in [5.41, 5.74) is 5.44. The van der Waals surface area contributed by atoms with Crippen molar-refractivity contribution in [2.75, 3.05) is 0 Å². The first-order chi connectivity index (χ1) is 9.80. The molecular formula is C20H29N. The lowest BCUT2D eigenvalue weighted by molar-refractivity contribution is 0.342. The number of hydrogen-bond acceptors (Lipinski definition) is 1. The van der Waals surface area contributed by atoms with Gasteiger partial charge in [0.2, 0.25) is 0 Å². The van der Waals surface area contributed by atoms with Gasteiger partial charge in [0, 0.05) is 17.0 Å². The van der Waals surface area contributed by atoms with E-state index in [0.717, 1.165) is 0 Å². The van der Waals surface area contributed by atoms with Crippen LogP contribution in [0.25, 0.3) is 0 Å². The summed E-state index contributed by atoms with van der Waals surface area (Å²) < 4.78 is 0. The lowest BCUT2D eigenvalue weighted by Gasteiger charge is -2.41. The fourth-order valence-corrected chi connectivity index (χ4v) is 4.10. The topological polar surface area (TPSA) is 12.4 Å². The maximum absolute atomic E-state index is 5.02. The third kappa shape index (κ3) is 2.71. The molecule has 0 radical (unpaired) electrons. The summed E-state index contributed by atoms with van der Waals surface area (Å²) in [5, 5.41) is 0. The van der Waals surface area contributed by atoms with Crippen LogP contribution in [0.1, 0.15) is 59.6 Å². The Morgan fingerprint density at radius 1 is 1.19 bits per heavy atom. The molecule has 2 unspecified atom stereocenters. The van der Waals surface area contributed by atoms with Gasteiger partial charge in [0.05, 0.1) is 6.04 Å². The highest BCUT2D eigenvalue weighted by Gasteiger charge is 2.37. The predicted molar refractivity (Wildman–Crippen MR) is 93.2 cm³/mol. The normalized spacial score (nSPS) is 29.5. The minimum Gasteiger partial charge on any atom is -0.286 e. The third-order valence-corrected chi connectivity index (χ3v) is 5.02. The fraction of sp³-hybridized carbons (Fsp3) is 0.550. The molecule has 0 aliphatic carbocycles. The molecule has 0 bridgehead atoms. The average Bonchev–Trinajstić information content (AvgIpc) is 2.42. The second-order valence-electron chi connectivity index (χ2n) is 7.14. The van der Waals surface area contributed by atoms with Gasteiger partial charge in [-0.3, -0.25) is 4.99 Å². The van der Waals surface area contributed by atoms with E-state index < -0.39 is 0 Å². The number of rotatable bonds is 1. The van der Waals surface area contributed by atoms with Crippen molar-refractivity contribution in [2.24, 2.45) is 16.8 Å². The number of nitrogens with zero attached hydrogens (tertiary/aromatic N) is 1. The second-order valence-corrected chi connectivity index (χ2v) is 7.14. The number of aliphatic imine (C=N–C) groups is 1. The summed E-state index contributed by atoms with van der Waals surface area (Å²) in [6.45, 7) is 16.0. The molecule has 0 amide bonds. The molecule has 0 saturated carbocycles. The van der Waals surface area contributed by atoms with Crippen LogP contribution in [0.5, 0.6) is 0 Å². The van der Waals surface area contributed by atoms with Crippen LogP contribution in [0.3, 0.4) is 0 Å². The Bertz CT molecular complexity index is 575. The van der Waals surface area contributed by atoms with Crippen molar-refractivity contribution >= 4 is 5.71 Å². The molecule has 21 heavy (non-hydrogen) atoms. The molecule has 1 aliphatic rings. The molecule has 1 heteroatoms. The molecule has 114 valence electrons. The van der Waals surface area contributed by atoms with E-state index in [1.165, 1.54) is 22.4 Å². The molecule has 2 rings (SSSR count). The summed E-state index contributed by atoms with van der Waals surface area (Å²) in [7, 11) is 0. The van der Waals surface area contributed by atoms with Gasteiger partial charge in [0.1, 0.15) is 0 Å². The van der Waals surface area contributed by atoms with Gasteiger partial charge in [0.15, 0.2) is 0 Å². The average molecular weight is 283 g/mol. The van der Waals surface area contributed by atoms with E-state index in [4.69, 9.17) is 4.99 Å². The molecule has 0 saturated heterocycles. The van der Waals surface area contributed by atoms with Crippen LogP contribution in [0, 0.1) is 11.8 Å². The van der Waals surface area contributed by atoms with Gasteiger partial charge in [-0.05, 0) is 37.8 Å². The lowest BCUT2D eigenvalue weighted by atomic mass is 9.65. The van der Waals surface area contributed by atoms with Crippen molar-refractivity contribution in [2.45, 2.75) is 59.9 Å². The smallest absolute Gasteiger partial charge is 0.0542 e. The maximum Gasteiger partial charge on any atom is 0.0542 e. The van der Waals surface area contributed by atoms with Gasteiger partial charge in [-0.15, -0.1) is 0 Å². The Kier molecular flexibility index (Phi) is 4.41. The molecule has 1 heterocycles. The first kappa shape index (κ1) is 16.0. The predicted octanol–water partition coefficient (Wildman–Crippen LogP) is 5.39. The van der Waals surface area contributed by atoms with Crippen LogP contribution in [0.2, 0.25) is 0 Å². The van der Waals surface area contributed by atoms with E-state index in [1.54, 1.807) is 0 Å². The minimum atomic E-state index is 0.0474. The van der Waals surface area contributed by atoms with Crippen molar-refractivity contribution in [3.63, 3.8) is 0 Å². The van der Waals surface area contributed by atoms with Gasteiger partial charge < -0.3 is 0 Å². The third-order valence-electron chi connectivity index (χ3n) is 5.02. The van der Waals surface area contributed by atoms with E-state index >= 15 is 0 Å². The fourth-order valence-electron chi connectivity index (χ4n) is 4.10. The number of hydrogen-bond donors (Lipinski definition) is 0. The molecule has 1 aromatic carbocycles. The monoisotopic (exact) mass is 283 g/mol. The van der Waals surface area contributed by atoms with Crippen LogP contribution in [-0.4, -0.2) is 11.8 Å². The van der Waals surface area contributed by atoms with Crippen molar-refractivity contribution in [1.29, 1.82) is 0 Å². The van der Waals surface area contributed by atoms with Crippen molar-refractivity contribution in [3.05, 3.63) is 47.0 Å². The SMILES string of the molecule is C/C=C1/C(C(C)C)C(C)/N=C(/C)c2ccccc2C1(C)C. The first-order valence-corrected chi connectivity index (χ1v) is 8.11.